The highest BCUT2D eigenvalue weighted by Crippen LogP contribution is 2.22. The van der Waals surface area contributed by atoms with Crippen molar-refractivity contribution in [1.29, 1.82) is 0 Å². The van der Waals surface area contributed by atoms with E-state index in [9.17, 15) is 19.7 Å². The average molecular weight is 423 g/mol. The van der Waals surface area contributed by atoms with Crippen LogP contribution in [-0.4, -0.2) is 30.1 Å². The van der Waals surface area contributed by atoms with Gasteiger partial charge in [0.15, 0.2) is 0 Å². The van der Waals surface area contributed by atoms with Gasteiger partial charge in [-0.3, -0.25) is 10.1 Å². The molecule has 160 valence electrons. The SMILES string of the molecule is COc1ccc(COC(=O)C2=C(C)NC(=O)NC2/C=C/c2ccccc2[N+](=O)[O-])cc1. The van der Waals surface area contributed by atoms with Crippen LogP contribution in [0, 0.1) is 10.1 Å². The number of nitro benzene ring substituents is 1. The zero-order chi connectivity index (χ0) is 22.4. The monoisotopic (exact) mass is 423 g/mol. The fraction of sp³-hybridized carbons (Fsp3) is 0.182. The van der Waals surface area contributed by atoms with Crippen molar-refractivity contribution in [3.63, 3.8) is 0 Å². The molecule has 1 heterocycles. The standard InChI is InChI=1S/C22H21N3O6/c1-14-20(21(26)31-13-15-7-10-17(30-2)11-8-15)18(24-22(27)23-14)12-9-16-5-3-4-6-19(16)25(28)29/h3-12,18H,13H2,1-2H3,(H2,23,24,27)/b12-9+. The maximum Gasteiger partial charge on any atom is 0.338 e. The summed E-state index contributed by atoms with van der Waals surface area (Å²) in [4.78, 5) is 35.4. The maximum atomic E-state index is 12.8. The predicted octanol–water partition coefficient (Wildman–Crippen LogP) is 3.32. The largest absolute Gasteiger partial charge is 0.497 e. The predicted molar refractivity (Wildman–Crippen MR) is 113 cm³/mol. The van der Waals surface area contributed by atoms with Gasteiger partial charge < -0.3 is 20.1 Å². The molecule has 0 saturated heterocycles. The molecule has 1 atom stereocenters. The van der Waals surface area contributed by atoms with Gasteiger partial charge in [0.25, 0.3) is 5.69 Å². The number of methoxy groups -OCH3 is 1. The summed E-state index contributed by atoms with van der Waals surface area (Å²) in [7, 11) is 1.56. The quantitative estimate of drug-likeness (QED) is 0.401. The van der Waals surface area contributed by atoms with Gasteiger partial charge in [-0.05, 0) is 36.8 Å². The van der Waals surface area contributed by atoms with Crippen molar-refractivity contribution in [2.45, 2.75) is 19.6 Å². The molecule has 2 aromatic rings. The number of benzene rings is 2. The third-order valence-electron chi connectivity index (χ3n) is 4.65. The molecule has 31 heavy (non-hydrogen) atoms. The highest BCUT2D eigenvalue weighted by Gasteiger charge is 2.29. The summed E-state index contributed by atoms with van der Waals surface area (Å²) in [5.41, 5.74) is 1.60. The van der Waals surface area contributed by atoms with E-state index in [1.165, 1.54) is 18.2 Å². The van der Waals surface area contributed by atoms with Crippen molar-refractivity contribution in [3.8, 4) is 5.75 Å². The highest BCUT2D eigenvalue weighted by atomic mass is 16.6. The van der Waals surface area contributed by atoms with Gasteiger partial charge >= 0.3 is 12.0 Å². The van der Waals surface area contributed by atoms with Crippen molar-refractivity contribution < 1.29 is 24.0 Å². The Morgan fingerprint density at radius 1 is 1.19 bits per heavy atom. The normalized spacial score (nSPS) is 15.9. The molecule has 9 nitrogen and oxygen atoms in total. The minimum atomic E-state index is -0.808. The van der Waals surface area contributed by atoms with Crippen LogP contribution in [0.5, 0.6) is 5.75 Å². The third kappa shape index (κ3) is 5.27. The third-order valence-corrected chi connectivity index (χ3v) is 4.65. The molecular formula is C22H21N3O6. The van der Waals surface area contributed by atoms with Crippen LogP contribution in [0.3, 0.4) is 0 Å². The molecule has 0 radical (unpaired) electrons. The molecule has 9 heteroatoms. The maximum absolute atomic E-state index is 12.8. The second-order valence-corrected chi connectivity index (χ2v) is 6.71. The Morgan fingerprint density at radius 2 is 1.90 bits per heavy atom. The van der Waals surface area contributed by atoms with Gasteiger partial charge in [0.05, 0.1) is 29.2 Å². The molecule has 0 aromatic heterocycles. The Kier molecular flexibility index (Phi) is 6.66. The first-order chi connectivity index (χ1) is 14.9. The summed E-state index contributed by atoms with van der Waals surface area (Å²) in [6.45, 7) is 1.63. The van der Waals surface area contributed by atoms with Crippen LogP contribution in [-0.2, 0) is 16.1 Å². The number of amides is 2. The number of carbonyl (C=O) groups is 2. The van der Waals surface area contributed by atoms with Gasteiger partial charge in [0, 0.05) is 11.8 Å². The number of para-hydroxylation sites is 1. The van der Waals surface area contributed by atoms with E-state index in [1.807, 2.05) is 0 Å². The molecule has 1 unspecified atom stereocenters. The smallest absolute Gasteiger partial charge is 0.338 e. The number of urea groups is 1. The molecule has 1 aliphatic heterocycles. The molecular weight excluding hydrogens is 402 g/mol. The van der Waals surface area contributed by atoms with Crippen LogP contribution < -0.4 is 15.4 Å². The molecule has 0 bridgehead atoms. The molecule has 0 spiro atoms. The fourth-order valence-corrected chi connectivity index (χ4v) is 3.09. The van der Waals surface area contributed by atoms with E-state index >= 15 is 0 Å². The van der Waals surface area contributed by atoms with Crippen LogP contribution in [0.15, 0.2) is 65.9 Å². The van der Waals surface area contributed by atoms with Crippen molar-refractivity contribution in [2.24, 2.45) is 0 Å². The lowest BCUT2D eigenvalue weighted by Gasteiger charge is -2.25. The number of esters is 1. The van der Waals surface area contributed by atoms with Crippen molar-refractivity contribution in [2.75, 3.05) is 7.11 Å². The second kappa shape index (κ2) is 9.57. The van der Waals surface area contributed by atoms with E-state index in [1.54, 1.807) is 56.5 Å². The number of nitro groups is 1. The first kappa shape index (κ1) is 21.6. The van der Waals surface area contributed by atoms with Gasteiger partial charge in [0.1, 0.15) is 12.4 Å². The number of rotatable bonds is 7. The van der Waals surface area contributed by atoms with E-state index in [0.717, 1.165) is 5.56 Å². The average Bonchev–Trinajstić information content (AvgIpc) is 2.76. The van der Waals surface area contributed by atoms with Crippen LogP contribution in [0.25, 0.3) is 6.08 Å². The van der Waals surface area contributed by atoms with Gasteiger partial charge in [-0.15, -0.1) is 0 Å². The summed E-state index contributed by atoms with van der Waals surface area (Å²) in [6, 6.07) is 12.0. The number of carbonyl (C=O) groups excluding carboxylic acids is 2. The lowest BCUT2D eigenvalue weighted by molar-refractivity contribution is -0.385. The number of nitrogens with zero attached hydrogens (tertiary/aromatic N) is 1. The number of allylic oxidation sites excluding steroid dienone is 1. The molecule has 0 aliphatic carbocycles. The first-order valence-electron chi connectivity index (χ1n) is 9.39. The Bertz CT molecular complexity index is 1060. The second-order valence-electron chi connectivity index (χ2n) is 6.71. The van der Waals surface area contributed by atoms with Gasteiger partial charge in [-0.1, -0.05) is 30.3 Å². The number of hydrogen-bond donors (Lipinski definition) is 2. The van der Waals surface area contributed by atoms with E-state index in [0.29, 0.717) is 17.0 Å². The molecule has 2 amide bonds. The van der Waals surface area contributed by atoms with Gasteiger partial charge in [-0.2, -0.15) is 0 Å². The molecule has 0 fully saturated rings. The number of hydrogen-bond acceptors (Lipinski definition) is 6. The summed E-state index contributed by atoms with van der Waals surface area (Å²) >= 11 is 0. The van der Waals surface area contributed by atoms with Gasteiger partial charge in [0.2, 0.25) is 0 Å². The van der Waals surface area contributed by atoms with Crippen LogP contribution in [0.1, 0.15) is 18.1 Å². The van der Waals surface area contributed by atoms with E-state index in [2.05, 4.69) is 10.6 Å². The lowest BCUT2D eigenvalue weighted by atomic mass is 10.0. The molecule has 0 saturated carbocycles. The summed E-state index contributed by atoms with van der Waals surface area (Å²) in [5.74, 6) is 0.0751. The minimum absolute atomic E-state index is 0.0359. The van der Waals surface area contributed by atoms with Crippen molar-refractivity contribution >= 4 is 23.8 Å². The summed E-state index contributed by atoms with van der Waals surface area (Å²) in [5, 5.41) is 16.4. The highest BCUT2D eigenvalue weighted by molar-refractivity contribution is 5.95. The number of nitrogens with one attached hydrogen (secondary N) is 2. The summed E-state index contributed by atoms with van der Waals surface area (Å²) in [6.07, 6.45) is 3.02. The Labute approximate surface area is 178 Å². The minimum Gasteiger partial charge on any atom is -0.497 e. The number of ether oxygens (including phenoxy) is 2. The Morgan fingerprint density at radius 3 is 2.58 bits per heavy atom. The van der Waals surface area contributed by atoms with Crippen molar-refractivity contribution in [3.05, 3.63) is 87.1 Å². The lowest BCUT2D eigenvalue weighted by Crippen LogP contribution is -2.49. The Hall–Kier alpha value is -4.14. The topological polar surface area (TPSA) is 120 Å². The van der Waals surface area contributed by atoms with E-state index in [-0.39, 0.29) is 17.9 Å². The molecule has 2 N–H and O–H groups in total. The fourth-order valence-electron chi connectivity index (χ4n) is 3.09. The zero-order valence-electron chi connectivity index (χ0n) is 17.0. The molecule has 1 aliphatic rings. The van der Waals surface area contributed by atoms with E-state index < -0.39 is 23.0 Å². The molecule has 3 rings (SSSR count). The van der Waals surface area contributed by atoms with Crippen molar-refractivity contribution in [1.82, 2.24) is 10.6 Å². The zero-order valence-corrected chi connectivity index (χ0v) is 17.0. The van der Waals surface area contributed by atoms with Crippen LogP contribution in [0.4, 0.5) is 10.5 Å². The van der Waals surface area contributed by atoms with Crippen LogP contribution in [0.2, 0.25) is 0 Å². The van der Waals surface area contributed by atoms with Gasteiger partial charge in [-0.25, -0.2) is 9.59 Å². The summed E-state index contributed by atoms with van der Waals surface area (Å²) < 4.78 is 10.5. The first-order valence-corrected chi connectivity index (χ1v) is 9.39. The Balaban J connectivity index is 1.79. The van der Waals surface area contributed by atoms with E-state index in [4.69, 9.17) is 9.47 Å². The molecule has 2 aromatic carbocycles. The van der Waals surface area contributed by atoms with Crippen LogP contribution >= 0.6 is 0 Å².